The predicted molar refractivity (Wildman–Crippen MR) is 142 cm³/mol. The van der Waals surface area contributed by atoms with E-state index >= 15 is 0 Å². The molecule has 0 aromatic heterocycles. The molecule has 2 aromatic carbocycles. The predicted octanol–water partition coefficient (Wildman–Crippen LogP) is 1.72. The van der Waals surface area contributed by atoms with Crippen molar-refractivity contribution in [2.24, 2.45) is 0 Å². The third kappa shape index (κ3) is 11.2. The Morgan fingerprint density at radius 2 is 1.18 bits per heavy atom. The normalized spacial score (nSPS) is 12.4. The lowest BCUT2D eigenvalue weighted by atomic mass is 10.1. The van der Waals surface area contributed by atoms with Crippen LogP contribution in [0.4, 0.5) is 0 Å². The van der Waals surface area contributed by atoms with Crippen molar-refractivity contribution >= 4 is 23.9 Å². The van der Waals surface area contributed by atoms with Gasteiger partial charge in [0.25, 0.3) is 0 Å². The van der Waals surface area contributed by atoms with Crippen LogP contribution in [-0.4, -0.2) is 112 Å². The van der Waals surface area contributed by atoms with E-state index in [2.05, 4.69) is 72.2 Å². The second-order valence-electron chi connectivity index (χ2n) is 8.55. The monoisotopic (exact) mass is 548 g/mol. The van der Waals surface area contributed by atoms with Gasteiger partial charge in [-0.15, -0.1) is 0 Å². The zero-order valence-electron chi connectivity index (χ0n) is 22.2. The Kier molecular flexibility index (Phi) is 14.4. The van der Waals surface area contributed by atoms with Gasteiger partial charge in [0.1, 0.15) is 6.10 Å². The van der Waals surface area contributed by atoms with Crippen LogP contribution in [0.2, 0.25) is 0 Å². The number of benzene rings is 2. The lowest BCUT2D eigenvalue weighted by Gasteiger charge is -2.26. The number of ether oxygens (including phenoxy) is 1. The van der Waals surface area contributed by atoms with Crippen LogP contribution >= 0.6 is 0 Å². The van der Waals surface area contributed by atoms with Gasteiger partial charge in [0.2, 0.25) is 0 Å². The third-order valence-corrected chi connectivity index (χ3v) is 5.79. The molecule has 2 aromatic rings. The standard InChI is InChI=1S/C23H32N2O2.2C2H2O4/c1-4-25(5-2)17-18(26)16-24(3)14-15-27-23-21-12-8-6-10-19(21)20-11-7-9-13-22(20)23;2*3-1(4)2(5)6/h6-13,18,23,26H,4-5,14-17H2,1-3H3;2*(H,3,4)(H,5,6). The van der Waals surface area contributed by atoms with E-state index in [0.717, 1.165) is 26.2 Å². The van der Waals surface area contributed by atoms with Crippen molar-refractivity contribution in [1.82, 2.24) is 9.80 Å². The molecular weight excluding hydrogens is 512 g/mol. The molecule has 1 unspecified atom stereocenters. The Morgan fingerprint density at radius 3 is 1.56 bits per heavy atom. The summed E-state index contributed by atoms with van der Waals surface area (Å²) < 4.78 is 6.30. The Morgan fingerprint density at radius 1 is 0.769 bits per heavy atom. The van der Waals surface area contributed by atoms with E-state index in [1.54, 1.807) is 0 Å². The SMILES string of the molecule is CCN(CC)CC(O)CN(C)CCOC1c2ccccc2-c2ccccc21.O=C(O)C(=O)O.O=C(O)C(=O)O. The van der Waals surface area contributed by atoms with Crippen molar-refractivity contribution in [1.29, 1.82) is 0 Å². The maximum absolute atomic E-state index is 10.3. The fourth-order valence-electron chi connectivity index (χ4n) is 3.90. The molecule has 0 fully saturated rings. The van der Waals surface area contributed by atoms with E-state index in [1.807, 2.05) is 7.05 Å². The molecule has 0 spiro atoms. The largest absolute Gasteiger partial charge is 0.473 e. The molecule has 0 aliphatic heterocycles. The van der Waals surface area contributed by atoms with Gasteiger partial charge in [-0.3, -0.25) is 0 Å². The molecule has 0 bridgehead atoms. The lowest BCUT2D eigenvalue weighted by Crippen LogP contribution is -2.39. The number of nitrogens with zero attached hydrogens (tertiary/aromatic N) is 2. The van der Waals surface area contributed by atoms with Crippen molar-refractivity contribution in [2.75, 3.05) is 46.4 Å². The zero-order valence-corrected chi connectivity index (χ0v) is 22.2. The van der Waals surface area contributed by atoms with Crippen molar-refractivity contribution in [3.63, 3.8) is 0 Å². The van der Waals surface area contributed by atoms with Crippen LogP contribution in [-0.2, 0) is 23.9 Å². The average Bonchev–Trinajstić information content (AvgIpc) is 3.21. The van der Waals surface area contributed by atoms with Crippen LogP contribution in [0.1, 0.15) is 31.1 Å². The number of carboxylic acid groups (broad SMARTS) is 4. The molecule has 1 atom stereocenters. The summed E-state index contributed by atoms with van der Waals surface area (Å²) in [5.74, 6) is -7.30. The maximum atomic E-state index is 10.3. The molecule has 0 radical (unpaired) electrons. The second kappa shape index (κ2) is 16.9. The van der Waals surface area contributed by atoms with Crippen LogP contribution in [0.3, 0.4) is 0 Å². The van der Waals surface area contributed by atoms with Crippen LogP contribution < -0.4 is 0 Å². The first kappa shape index (κ1) is 33.2. The van der Waals surface area contributed by atoms with Gasteiger partial charge in [0, 0.05) is 19.6 Å². The van der Waals surface area contributed by atoms with Gasteiger partial charge in [-0.2, -0.15) is 0 Å². The summed E-state index contributed by atoms with van der Waals surface area (Å²) in [6.45, 7) is 9.04. The molecule has 0 amide bonds. The number of aliphatic hydroxyl groups excluding tert-OH is 1. The highest BCUT2D eigenvalue weighted by Gasteiger charge is 2.28. The smallest absolute Gasteiger partial charge is 0.414 e. The van der Waals surface area contributed by atoms with Crippen LogP contribution in [0.5, 0.6) is 0 Å². The summed E-state index contributed by atoms with van der Waals surface area (Å²) in [5, 5.41) is 39.9. The Labute approximate surface area is 226 Å². The van der Waals surface area contributed by atoms with E-state index in [4.69, 9.17) is 44.3 Å². The topological polar surface area (TPSA) is 185 Å². The van der Waals surface area contributed by atoms with Gasteiger partial charge in [-0.1, -0.05) is 62.4 Å². The number of aliphatic hydroxyl groups is 1. The minimum Gasteiger partial charge on any atom is -0.473 e. The summed E-state index contributed by atoms with van der Waals surface area (Å²) >= 11 is 0. The highest BCUT2D eigenvalue weighted by atomic mass is 16.5. The van der Waals surface area contributed by atoms with Gasteiger partial charge < -0.3 is 40.1 Å². The van der Waals surface area contributed by atoms with Crippen LogP contribution in [0.25, 0.3) is 11.1 Å². The minimum absolute atomic E-state index is 0.00592. The molecule has 0 heterocycles. The highest BCUT2D eigenvalue weighted by Crippen LogP contribution is 2.44. The number of hydrogen-bond donors (Lipinski definition) is 5. The van der Waals surface area contributed by atoms with Crippen molar-refractivity contribution in [2.45, 2.75) is 26.1 Å². The van der Waals surface area contributed by atoms with Crippen LogP contribution in [0, 0.1) is 0 Å². The summed E-state index contributed by atoms with van der Waals surface area (Å²) in [4.78, 5) is 40.8. The molecule has 1 aliphatic rings. The fraction of sp³-hybridized carbons (Fsp3) is 0.407. The molecule has 0 saturated heterocycles. The summed E-state index contributed by atoms with van der Waals surface area (Å²) in [6.07, 6.45) is -0.325. The first-order chi connectivity index (χ1) is 18.4. The zero-order chi connectivity index (χ0) is 29.5. The minimum atomic E-state index is -1.82. The van der Waals surface area contributed by atoms with Crippen molar-refractivity contribution in [3.05, 3.63) is 59.7 Å². The summed E-state index contributed by atoms with van der Waals surface area (Å²) in [5.41, 5.74) is 5.06. The molecule has 5 N–H and O–H groups in total. The third-order valence-electron chi connectivity index (χ3n) is 5.79. The highest BCUT2D eigenvalue weighted by molar-refractivity contribution is 6.27. The number of rotatable bonds is 10. The number of likely N-dealkylation sites (N-methyl/N-ethyl adjacent to an activating group) is 2. The van der Waals surface area contributed by atoms with Gasteiger partial charge in [-0.25, -0.2) is 19.2 Å². The first-order valence-corrected chi connectivity index (χ1v) is 12.2. The molecule has 1 aliphatic carbocycles. The maximum Gasteiger partial charge on any atom is 0.414 e. The Balaban J connectivity index is 0.000000530. The van der Waals surface area contributed by atoms with E-state index in [-0.39, 0.29) is 12.2 Å². The fourth-order valence-corrected chi connectivity index (χ4v) is 3.90. The average molecular weight is 549 g/mol. The number of fused-ring (bicyclic) bond motifs is 3. The van der Waals surface area contributed by atoms with E-state index in [1.165, 1.54) is 22.3 Å². The molecule has 214 valence electrons. The summed E-state index contributed by atoms with van der Waals surface area (Å²) in [7, 11) is 2.05. The Hall–Kier alpha value is -3.84. The number of carboxylic acids is 4. The van der Waals surface area contributed by atoms with E-state index < -0.39 is 23.9 Å². The Bertz CT molecular complexity index is 1010. The molecular formula is C27H36N2O10. The van der Waals surface area contributed by atoms with Crippen molar-refractivity contribution in [3.8, 4) is 11.1 Å². The number of aliphatic carboxylic acids is 4. The van der Waals surface area contributed by atoms with Gasteiger partial charge in [0.05, 0.1) is 12.7 Å². The van der Waals surface area contributed by atoms with Gasteiger partial charge >= 0.3 is 23.9 Å². The molecule has 0 saturated carbocycles. The quantitative estimate of drug-likeness (QED) is 0.271. The number of carbonyl (C=O) groups is 4. The molecule has 3 rings (SSSR count). The van der Waals surface area contributed by atoms with Crippen LogP contribution in [0.15, 0.2) is 48.5 Å². The van der Waals surface area contributed by atoms with Gasteiger partial charge in [0.15, 0.2) is 0 Å². The molecule has 12 heteroatoms. The van der Waals surface area contributed by atoms with E-state index in [9.17, 15) is 5.11 Å². The molecule has 39 heavy (non-hydrogen) atoms. The molecule has 12 nitrogen and oxygen atoms in total. The van der Waals surface area contributed by atoms with Crippen molar-refractivity contribution < 1.29 is 49.4 Å². The lowest BCUT2D eigenvalue weighted by molar-refractivity contribution is -0.159. The second-order valence-corrected chi connectivity index (χ2v) is 8.55. The van der Waals surface area contributed by atoms with E-state index in [0.29, 0.717) is 13.2 Å². The summed E-state index contributed by atoms with van der Waals surface area (Å²) in [6, 6.07) is 17.0. The first-order valence-electron chi connectivity index (χ1n) is 12.2. The van der Waals surface area contributed by atoms with Gasteiger partial charge in [-0.05, 0) is 42.4 Å². The number of hydrogen-bond acceptors (Lipinski definition) is 8.